The van der Waals surface area contributed by atoms with Crippen molar-refractivity contribution in [2.45, 2.75) is 25.3 Å². The van der Waals surface area contributed by atoms with Crippen LogP contribution in [0.4, 0.5) is 0 Å². The summed E-state index contributed by atoms with van der Waals surface area (Å²) in [7, 11) is -3.44. The van der Waals surface area contributed by atoms with Crippen LogP contribution in [-0.4, -0.2) is 18.4 Å². The Kier molecular flexibility index (Phi) is 4.53. The number of hydrogen-bond acceptors (Lipinski definition) is 4. The molecule has 1 heterocycles. The highest BCUT2D eigenvalue weighted by Gasteiger charge is 2.17. The van der Waals surface area contributed by atoms with Crippen molar-refractivity contribution in [2.75, 3.05) is 0 Å². The first-order valence-electron chi connectivity index (χ1n) is 6.27. The second-order valence-corrected chi connectivity index (χ2v) is 6.35. The smallest absolute Gasteiger partial charge is 0.216 e. The highest BCUT2D eigenvalue weighted by Crippen LogP contribution is 2.12. The fourth-order valence-electron chi connectivity index (χ4n) is 1.95. The summed E-state index contributed by atoms with van der Waals surface area (Å²) in [6.07, 6.45) is 3.25. The summed E-state index contributed by atoms with van der Waals surface area (Å²) < 4.78 is 26.8. The fraction of sp³-hybridized carbons (Fsp3) is 0.308. The standard InChI is InChI=1S/C13H18N4O2S/c1-10(13-15-5-6-16-13)17-20(18,19)9-12-4-2-3-11(7-12)8-14/h2-7,10,17H,8-9,14H2,1H3,(H,15,16). The minimum atomic E-state index is -3.44. The molecule has 0 saturated heterocycles. The lowest BCUT2D eigenvalue weighted by Crippen LogP contribution is -2.28. The predicted octanol–water partition coefficient (Wildman–Crippen LogP) is 1.05. The predicted molar refractivity (Wildman–Crippen MR) is 77.1 cm³/mol. The van der Waals surface area contributed by atoms with E-state index in [2.05, 4.69) is 14.7 Å². The van der Waals surface area contributed by atoms with E-state index in [9.17, 15) is 8.42 Å². The fourth-order valence-corrected chi connectivity index (χ4v) is 3.30. The number of nitrogens with two attached hydrogens (primary N) is 1. The molecule has 0 spiro atoms. The molecule has 1 aromatic carbocycles. The summed E-state index contributed by atoms with van der Waals surface area (Å²) in [6.45, 7) is 2.14. The molecule has 20 heavy (non-hydrogen) atoms. The number of H-pyrrole nitrogens is 1. The molecule has 7 heteroatoms. The first kappa shape index (κ1) is 14.7. The van der Waals surface area contributed by atoms with Gasteiger partial charge in [0.15, 0.2) is 0 Å². The van der Waals surface area contributed by atoms with Gasteiger partial charge in [0.25, 0.3) is 0 Å². The Labute approximate surface area is 118 Å². The van der Waals surface area contributed by atoms with E-state index in [1.165, 1.54) is 0 Å². The van der Waals surface area contributed by atoms with E-state index >= 15 is 0 Å². The maximum atomic E-state index is 12.1. The van der Waals surface area contributed by atoms with Gasteiger partial charge in [-0.3, -0.25) is 0 Å². The topological polar surface area (TPSA) is 101 Å². The van der Waals surface area contributed by atoms with Crippen molar-refractivity contribution >= 4 is 10.0 Å². The van der Waals surface area contributed by atoms with Crippen LogP contribution in [0, 0.1) is 0 Å². The van der Waals surface area contributed by atoms with Crippen LogP contribution in [-0.2, 0) is 22.3 Å². The lowest BCUT2D eigenvalue weighted by atomic mass is 10.1. The molecular formula is C13H18N4O2S. The van der Waals surface area contributed by atoms with Crippen molar-refractivity contribution < 1.29 is 8.42 Å². The Balaban J connectivity index is 2.07. The summed E-state index contributed by atoms with van der Waals surface area (Å²) >= 11 is 0. The monoisotopic (exact) mass is 294 g/mol. The van der Waals surface area contributed by atoms with Crippen LogP contribution in [0.2, 0.25) is 0 Å². The van der Waals surface area contributed by atoms with E-state index in [0.717, 1.165) is 5.56 Å². The number of rotatable bonds is 6. The van der Waals surface area contributed by atoms with Crippen LogP contribution in [0.1, 0.15) is 29.9 Å². The minimum Gasteiger partial charge on any atom is -0.347 e. The minimum absolute atomic E-state index is 0.0775. The van der Waals surface area contributed by atoms with Gasteiger partial charge in [0, 0.05) is 18.9 Å². The second-order valence-electron chi connectivity index (χ2n) is 4.60. The maximum absolute atomic E-state index is 12.1. The summed E-state index contributed by atoms with van der Waals surface area (Å²) in [5.41, 5.74) is 7.18. The third-order valence-corrected chi connectivity index (χ3v) is 4.30. The number of nitrogens with zero attached hydrogens (tertiary/aromatic N) is 1. The molecule has 1 unspecified atom stereocenters. The molecule has 0 saturated carbocycles. The zero-order valence-corrected chi connectivity index (χ0v) is 12.0. The molecule has 0 radical (unpaired) electrons. The van der Waals surface area contributed by atoms with Gasteiger partial charge in [-0.2, -0.15) is 0 Å². The van der Waals surface area contributed by atoms with Crippen molar-refractivity contribution in [2.24, 2.45) is 5.73 Å². The molecule has 0 aliphatic rings. The molecule has 4 N–H and O–H groups in total. The summed E-state index contributed by atoms with van der Waals surface area (Å²) in [5, 5.41) is 0. The molecule has 0 fully saturated rings. The number of hydrogen-bond donors (Lipinski definition) is 3. The average molecular weight is 294 g/mol. The first-order chi connectivity index (χ1) is 9.50. The molecule has 0 aliphatic heterocycles. The van der Waals surface area contributed by atoms with Crippen molar-refractivity contribution in [3.8, 4) is 0 Å². The van der Waals surface area contributed by atoms with Gasteiger partial charge in [-0.1, -0.05) is 24.3 Å². The van der Waals surface area contributed by atoms with Crippen LogP contribution in [0.25, 0.3) is 0 Å². The van der Waals surface area contributed by atoms with Crippen LogP contribution in [0.3, 0.4) is 0 Å². The number of aromatic nitrogens is 2. The van der Waals surface area contributed by atoms with Crippen LogP contribution < -0.4 is 10.5 Å². The number of imidazole rings is 1. The van der Waals surface area contributed by atoms with Crippen molar-refractivity contribution in [1.29, 1.82) is 0 Å². The van der Waals surface area contributed by atoms with E-state index in [1.54, 1.807) is 31.5 Å². The van der Waals surface area contributed by atoms with Gasteiger partial charge in [-0.25, -0.2) is 18.1 Å². The molecule has 2 rings (SSSR count). The normalized spacial score (nSPS) is 13.3. The van der Waals surface area contributed by atoms with Gasteiger partial charge in [0.05, 0.1) is 11.8 Å². The zero-order chi connectivity index (χ0) is 14.6. The molecular weight excluding hydrogens is 276 g/mol. The van der Waals surface area contributed by atoms with E-state index in [1.807, 2.05) is 12.1 Å². The molecule has 0 aliphatic carbocycles. The Morgan fingerprint density at radius 2 is 2.15 bits per heavy atom. The SMILES string of the molecule is CC(NS(=O)(=O)Cc1cccc(CN)c1)c1ncc[nH]1. The molecule has 108 valence electrons. The van der Waals surface area contributed by atoms with Gasteiger partial charge in [-0.15, -0.1) is 0 Å². The van der Waals surface area contributed by atoms with Gasteiger partial charge < -0.3 is 10.7 Å². The number of benzene rings is 1. The van der Waals surface area contributed by atoms with E-state index in [4.69, 9.17) is 5.73 Å². The molecule has 1 aromatic heterocycles. The highest BCUT2D eigenvalue weighted by atomic mass is 32.2. The third kappa shape index (κ3) is 3.89. The van der Waals surface area contributed by atoms with Gasteiger partial charge in [0.2, 0.25) is 10.0 Å². The van der Waals surface area contributed by atoms with Crippen molar-refractivity contribution in [3.05, 3.63) is 53.6 Å². The molecule has 1 atom stereocenters. The van der Waals surface area contributed by atoms with Gasteiger partial charge >= 0.3 is 0 Å². The lowest BCUT2D eigenvalue weighted by molar-refractivity contribution is 0.560. The Hall–Kier alpha value is -1.70. The van der Waals surface area contributed by atoms with Crippen molar-refractivity contribution in [3.63, 3.8) is 0 Å². The van der Waals surface area contributed by atoms with Crippen LogP contribution in [0.15, 0.2) is 36.7 Å². The van der Waals surface area contributed by atoms with E-state index in [0.29, 0.717) is 17.9 Å². The first-order valence-corrected chi connectivity index (χ1v) is 7.92. The number of aromatic amines is 1. The molecule has 0 amide bonds. The van der Waals surface area contributed by atoms with Gasteiger partial charge in [0.1, 0.15) is 5.82 Å². The van der Waals surface area contributed by atoms with E-state index < -0.39 is 16.1 Å². The highest BCUT2D eigenvalue weighted by molar-refractivity contribution is 7.88. The van der Waals surface area contributed by atoms with Crippen molar-refractivity contribution in [1.82, 2.24) is 14.7 Å². The zero-order valence-electron chi connectivity index (χ0n) is 11.2. The maximum Gasteiger partial charge on any atom is 0.216 e. The molecule has 2 aromatic rings. The Bertz CT molecular complexity index is 653. The Morgan fingerprint density at radius 3 is 2.80 bits per heavy atom. The second kappa shape index (κ2) is 6.17. The lowest BCUT2D eigenvalue weighted by Gasteiger charge is -2.12. The Morgan fingerprint density at radius 1 is 1.40 bits per heavy atom. The third-order valence-electron chi connectivity index (χ3n) is 2.87. The molecule has 6 nitrogen and oxygen atoms in total. The largest absolute Gasteiger partial charge is 0.347 e. The number of sulfonamides is 1. The van der Waals surface area contributed by atoms with Crippen LogP contribution in [0.5, 0.6) is 0 Å². The summed E-state index contributed by atoms with van der Waals surface area (Å²) in [4.78, 5) is 6.92. The quantitative estimate of drug-likeness (QED) is 0.741. The molecule has 0 bridgehead atoms. The summed E-state index contributed by atoms with van der Waals surface area (Å²) in [6, 6.07) is 6.86. The van der Waals surface area contributed by atoms with E-state index in [-0.39, 0.29) is 5.75 Å². The average Bonchev–Trinajstić information content (AvgIpc) is 2.91. The van der Waals surface area contributed by atoms with Gasteiger partial charge in [-0.05, 0) is 18.1 Å². The number of nitrogens with one attached hydrogen (secondary N) is 2. The van der Waals surface area contributed by atoms with Crippen LogP contribution >= 0.6 is 0 Å². The summed E-state index contributed by atoms with van der Waals surface area (Å²) in [5.74, 6) is 0.510.